The van der Waals surface area contributed by atoms with Crippen LogP contribution in [0.4, 0.5) is 0 Å². The van der Waals surface area contributed by atoms with Gasteiger partial charge in [0.05, 0.1) is 6.33 Å². The number of pyridine rings is 1. The molecule has 0 aliphatic heterocycles. The first-order chi connectivity index (χ1) is 9.15. The fraction of sp³-hybridized carbons (Fsp3) is 0.143. The first-order valence-electron chi connectivity index (χ1n) is 5.94. The number of H-pyrrole nitrogens is 1. The number of hydrogen-bond donors (Lipinski definition) is 1. The lowest BCUT2D eigenvalue weighted by molar-refractivity contribution is 1.09. The summed E-state index contributed by atoms with van der Waals surface area (Å²) in [4.78, 5) is 19.6. The highest BCUT2D eigenvalue weighted by Crippen LogP contribution is 2.31. The number of imidazole rings is 1. The maximum Gasteiger partial charge on any atom is 0.251 e. The van der Waals surface area contributed by atoms with Crippen molar-refractivity contribution in [1.29, 1.82) is 0 Å². The third kappa shape index (κ3) is 2.13. The van der Waals surface area contributed by atoms with Crippen LogP contribution in [0.15, 0.2) is 41.7 Å². The summed E-state index contributed by atoms with van der Waals surface area (Å²) in [5, 5.41) is 1.11. The minimum atomic E-state index is -0.0207. The van der Waals surface area contributed by atoms with E-state index in [1.807, 2.05) is 30.7 Å². The maximum absolute atomic E-state index is 11.6. The SMILES string of the molecule is Cc1[nH]c(=O)c(C)cc1-c1ccc(-n2ccnc2)s1. The monoisotopic (exact) mass is 271 g/mol. The van der Waals surface area contributed by atoms with Crippen molar-refractivity contribution < 1.29 is 0 Å². The predicted molar refractivity (Wildman–Crippen MR) is 77.0 cm³/mol. The lowest BCUT2D eigenvalue weighted by atomic mass is 10.1. The Morgan fingerprint density at radius 1 is 1.32 bits per heavy atom. The molecule has 0 spiro atoms. The first kappa shape index (κ1) is 11.9. The van der Waals surface area contributed by atoms with Crippen LogP contribution in [-0.2, 0) is 0 Å². The number of aryl methyl sites for hydroxylation is 2. The van der Waals surface area contributed by atoms with E-state index in [0.717, 1.165) is 26.7 Å². The van der Waals surface area contributed by atoms with Gasteiger partial charge >= 0.3 is 0 Å². The molecule has 3 heterocycles. The molecule has 4 nitrogen and oxygen atoms in total. The molecule has 0 aliphatic rings. The van der Waals surface area contributed by atoms with Crippen molar-refractivity contribution in [2.45, 2.75) is 13.8 Å². The zero-order valence-corrected chi connectivity index (χ0v) is 11.5. The van der Waals surface area contributed by atoms with Gasteiger partial charge < -0.3 is 4.98 Å². The van der Waals surface area contributed by atoms with E-state index in [9.17, 15) is 4.79 Å². The van der Waals surface area contributed by atoms with E-state index in [4.69, 9.17) is 0 Å². The minimum Gasteiger partial charge on any atom is -0.326 e. The summed E-state index contributed by atoms with van der Waals surface area (Å²) in [5.74, 6) is 0. The van der Waals surface area contributed by atoms with Crippen molar-refractivity contribution in [2.75, 3.05) is 0 Å². The van der Waals surface area contributed by atoms with E-state index in [2.05, 4.69) is 22.1 Å². The maximum atomic E-state index is 11.6. The number of nitrogens with one attached hydrogen (secondary N) is 1. The molecule has 0 amide bonds. The molecule has 0 bridgehead atoms. The van der Waals surface area contributed by atoms with E-state index in [1.165, 1.54) is 0 Å². The van der Waals surface area contributed by atoms with Crippen LogP contribution >= 0.6 is 11.3 Å². The van der Waals surface area contributed by atoms with Gasteiger partial charge in [0.25, 0.3) is 5.56 Å². The second kappa shape index (κ2) is 4.51. The molecule has 3 aromatic heterocycles. The highest BCUT2D eigenvalue weighted by molar-refractivity contribution is 7.17. The third-order valence-electron chi connectivity index (χ3n) is 3.04. The number of aromatic amines is 1. The van der Waals surface area contributed by atoms with Gasteiger partial charge in [0, 0.05) is 34.1 Å². The van der Waals surface area contributed by atoms with E-state index in [-0.39, 0.29) is 5.56 Å². The van der Waals surface area contributed by atoms with Crippen LogP contribution in [0.2, 0.25) is 0 Å². The van der Waals surface area contributed by atoms with Gasteiger partial charge in [-0.25, -0.2) is 4.98 Å². The van der Waals surface area contributed by atoms with Crippen molar-refractivity contribution in [2.24, 2.45) is 0 Å². The van der Waals surface area contributed by atoms with Gasteiger partial charge in [-0.15, -0.1) is 11.3 Å². The molecule has 3 aromatic rings. The molecule has 0 unspecified atom stereocenters. The molecule has 0 fully saturated rings. The van der Waals surface area contributed by atoms with E-state index >= 15 is 0 Å². The minimum absolute atomic E-state index is 0.0207. The Labute approximate surface area is 114 Å². The number of aromatic nitrogens is 3. The summed E-state index contributed by atoms with van der Waals surface area (Å²) >= 11 is 1.67. The highest BCUT2D eigenvalue weighted by Gasteiger charge is 2.09. The smallest absolute Gasteiger partial charge is 0.251 e. The van der Waals surface area contributed by atoms with Gasteiger partial charge in [0.2, 0.25) is 0 Å². The van der Waals surface area contributed by atoms with Crippen LogP contribution in [0.1, 0.15) is 11.3 Å². The Kier molecular flexibility index (Phi) is 2.83. The third-order valence-corrected chi connectivity index (χ3v) is 4.17. The van der Waals surface area contributed by atoms with E-state index in [1.54, 1.807) is 23.9 Å². The molecule has 19 heavy (non-hydrogen) atoms. The van der Waals surface area contributed by atoms with Crippen molar-refractivity contribution in [3.63, 3.8) is 0 Å². The average molecular weight is 271 g/mol. The van der Waals surface area contributed by atoms with Crippen LogP contribution in [0, 0.1) is 13.8 Å². The molecule has 1 N–H and O–H groups in total. The molecule has 0 saturated heterocycles. The van der Waals surface area contributed by atoms with Gasteiger partial charge in [-0.3, -0.25) is 9.36 Å². The molecule has 0 radical (unpaired) electrons. The largest absolute Gasteiger partial charge is 0.326 e. The number of thiophene rings is 1. The Hall–Kier alpha value is -2.14. The fourth-order valence-corrected chi connectivity index (χ4v) is 3.02. The number of nitrogens with zero attached hydrogens (tertiary/aromatic N) is 2. The van der Waals surface area contributed by atoms with Crippen molar-refractivity contribution in [3.05, 3.63) is 58.5 Å². The van der Waals surface area contributed by atoms with E-state index < -0.39 is 0 Å². The standard InChI is InChI=1S/C14H13N3OS/c1-9-7-11(10(2)16-14(9)18)12-3-4-13(19-12)17-6-5-15-8-17/h3-8H,1-2H3,(H,16,18). The Bertz CT molecular complexity index is 768. The lowest BCUT2D eigenvalue weighted by Crippen LogP contribution is -2.10. The Morgan fingerprint density at radius 3 is 2.89 bits per heavy atom. The van der Waals surface area contributed by atoms with Gasteiger partial charge in [-0.2, -0.15) is 0 Å². The van der Waals surface area contributed by atoms with Gasteiger partial charge in [-0.1, -0.05) is 0 Å². The molecule has 3 rings (SSSR count). The molecule has 0 aromatic carbocycles. The lowest BCUT2D eigenvalue weighted by Gasteiger charge is -2.04. The molecule has 96 valence electrons. The zero-order valence-electron chi connectivity index (χ0n) is 10.7. The second-order valence-electron chi connectivity index (χ2n) is 4.43. The number of rotatable bonds is 2. The predicted octanol–water partition coefficient (Wildman–Crippen LogP) is 2.91. The van der Waals surface area contributed by atoms with Crippen LogP contribution in [0.5, 0.6) is 0 Å². The molecule has 0 aliphatic carbocycles. The Balaban J connectivity index is 2.09. The van der Waals surface area contributed by atoms with Crippen molar-refractivity contribution >= 4 is 11.3 Å². The van der Waals surface area contributed by atoms with Crippen molar-refractivity contribution in [1.82, 2.24) is 14.5 Å². The molecule has 0 saturated carbocycles. The zero-order chi connectivity index (χ0) is 13.4. The topological polar surface area (TPSA) is 50.7 Å². The van der Waals surface area contributed by atoms with Gasteiger partial charge in [-0.05, 0) is 32.0 Å². The first-order valence-corrected chi connectivity index (χ1v) is 6.76. The summed E-state index contributed by atoms with van der Waals surface area (Å²) in [6.07, 6.45) is 5.45. The summed E-state index contributed by atoms with van der Waals surface area (Å²) in [7, 11) is 0. The molecule has 0 atom stereocenters. The van der Waals surface area contributed by atoms with Crippen LogP contribution < -0.4 is 5.56 Å². The van der Waals surface area contributed by atoms with Crippen LogP contribution in [0.3, 0.4) is 0 Å². The summed E-state index contributed by atoms with van der Waals surface area (Å²) in [6.45, 7) is 3.75. The normalized spacial score (nSPS) is 10.8. The quantitative estimate of drug-likeness (QED) is 0.779. The highest BCUT2D eigenvalue weighted by atomic mass is 32.1. The average Bonchev–Trinajstić information content (AvgIpc) is 3.03. The van der Waals surface area contributed by atoms with Gasteiger partial charge in [0.1, 0.15) is 5.00 Å². The molecular weight excluding hydrogens is 258 g/mol. The summed E-state index contributed by atoms with van der Waals surface area (Å²) in [5.41, 5.74) is 2.69. The second-order valence-corrected chi connectivity index (χ2v) is 5.49. The summed E-state index contributed by atoms with van der Waals surface area (Å²) < 4.78 is 1.97. The van der Waals surface area contributed by atoms with Gasteiger partial charge in [0.15, 0.2) is 0 Å². The van der Waals surface area contributed by atoms with E-state index in [0.29, 0.717) is 0 Å². The summed E-state index contributed by atoms with van der Waals surface area (Å²) in [6, 6.07) is 6.07. The van der Waals surface area contributed by atoms with Crippen LogP contribution in [0.25, 0.3) is 15.4 Å². The fourth-order valence-electron chi connectivity index (χ4n) is 1.98. The van der Waals surface area contributed by atoms with Crippen LogP contribution in [-0.4, -0.2) is 14.5 Å². The molecule has 5 heteroatoms. The van der Waals surface area contributed by atoms with Crippen molar-refractivity contribution in [3.8, 4) is 15.4 Å². The Morgan fingerprint density at radius 2 is 2.16 bits per heavy atom. The molecular formula is C14H13N3OS. The number of hydrogen-bond acceptors (Lipinski definition) is 3.